The van der Waals surface area contributed by atoms with Gasteiger partial charge in [-0.3, -0.25) is 4.79 Å². The van der Waals surface area contributed by atoms with Crippen LogP contribution in [0.2, 0.25) is 0 Å². The van der Waals surface area contributed by atoms with Crippen molar-refractivity contribution < 1.29 is 14.6 Å². The van der Waals surface area contributed by atoms with E-state index in [0.29, 0.717) is 18.1 Å². The van der Waals surface area contributed by atoms with Crippen LogP contribution in [0.4, 0.5) is 5.69 Å². The van der Waals surface area contributed by atoms with Gasteiger partial charge in [0, 0.05) is 19.3 Å². The molecule has 30 heavy (non-hydrogen) atoms. The summed E-state index contributed by atoms with van der Waals surface area (Å²) in [5.41, 5.74) is 0.902. The molecule has 4 rings (SSSR count). The van der Waals surface area contributed by atoms with Gasteiger partial charge in [0.25, 0.3) is 0 Å². The molecule has 0 aliphatic heterocycles. The van der Waals surface area contributed by atoms with Crippen molar-refractivity contribution in [3.63, 3.8) is 0 Å². The molecule has 0 heterocycles. The van der Waals surface area contributed by atoms with Crippen molar-refractivity contribution in [2.75, 3.05) is 18.5 Å². The highest BCUT2D eigenvalue weighted by Crippen LogP contribution is 2.47. The second kappa shape index (κ2) is 7.79. The van der Waals surface area contributed by atoms with E-state index in [0.717, 1.165) is 53.8 Å². The van der Waals surface area contributed by atoms with Crippen LogP contribution in [0.1, 0.15) is 59.3 Å². The molecule has 0 unspecified atom stereocenters. The molecule has 162 valence electrons. The number of aliphatic carboxylic acids is 1. The molecule has 0 amide bonds. The van der Waals surface area contributed by atoms with E-state index in [2.05, 4.69) is 62.1 Å². The fourth-order valence-electron chi connectivity index (χ4n) is 4.90. The lowest BCUT2D eigenvalue weighted by Gasteiger charge is -2.37. The molecule has 2 aliphatic rings. The van der Waals surface area contributed by atoms with Crippen molar-refractivity contribution in [3.05, 3.63) is 36.4 Å². The normalized spacial score (nSPS) is 23.2. The highest BCUT2D eigenvalue weighted by atomic mass is 16.5. The molecule has 2 aromatic rings. The molecule has 2 aliphatic carbocycles. The van der Waals surface area contributed by atoms with E-state index in [9.17, 15) is 9.90 Å². The van der Waals surface area contributed by atoms with Crippen LogP contribution in [-0.4, -0.2) is 30.8 Å². The van der Waals surface area contributed by atoms with Crippen molar-refractivity contribution in [1.29, 1.82) is 0 Å². The summed E-state index contributed by atoms with van der Waals surface area (Å²) in [7, 11) is 1.98. The zero-order valence-corrected chi connectivity index (χ0v) is 18.8. The molecule has 4 nitrogen and oxygen atoms in total. The number of benzene rings is 2. The fourth-order valence-corrected chi connectivity index (χ4v) is 4.90. The molecule has 0 spiro atoms. The monoisotopic (exact) mass is 409 g/mol. The predicted octanol–water partition coefficient (Wildman–Crippen LogP) is 6.12. The summed E-state index contributed by atoms with van der Waals surface area (Å²) >= 11 is 0. The SMILES string of the molecule is CN(CC1(C(=O)O)CC1)c1ccc2cc(O[C@H]3CC[C@H](C(C)(C)C)CC3)ccc2c1. The van der Waals surface area contributed by atoms with E-state index >= 15 is 0 Å². The van der Waals surface area contributed by atoms with Crippen LogP contribution in [0.15, 0.2) is 36.4 Å². The highest BCUT2D eigenvalue weighted by Gasteiger charge is 2.50. The molecule has 0 radical (unpaired) electrons. The Labute approximate surface area is 180 Å². The fraction of sp³-hybridized carbons (Fsp3) is 0.577. The smallest absolute Gasteiger partial charge is 0.311 e. The van der Waals surface area contributed by atoms with Gasteiger partial charge in [0.1, 0.15) is 5.75 Å². The van der Waals surface area contributed by atoms with E-state index in [1.165, 1.54) is 12.8 Å². The van der Waals surface area contributed by atoms with Gasteiger partial charge in [0.15, 0.2) is 0 Å². The van der Waals surface area contributed by atoms with Crippen LogP contribution in [0.5, 0.6) is 5.75 Å². The topological polar surface area (TPSA) is 49.8 Å². The van der Waals surface area contributed by atoms with Crippen molar-refractivity contribution in [2.24, 2.45) is 16.7 Å². The van der Waals surface area contributed by atoms with Crippen molar-refractivity contribution in [1.82, 2.24) is 0 Å². The average Bonchev–Trinajstić information content (AvgIpc) is 3.48. The molecule has 1 N–H and O–H groups in total. The maximum atomic E-state index is 11.5. The molecule has 2 aromatic carbocycles. The zero-order chi connectivity index (χ0) is 21.5. The third kappa shape index (κ3) is 4.43. The Kier molecular flexibility index (Phi) is 5.46. The number of carboxylic acid groups (broad SMARTS) is 1. The van der Waals surface area contributed by atoms with E-state index in [-0.39, 0.29) is 0 Å². The van der Waals surface area contributed by atoms with Crippen LogP contribution in [0.3, 0.4) is 0 Å². The Balaban J connectivity index is 1.40. The number of carboxylic acids is 1. The summed E-state index contributed by atoms with van der Waals surface area (Å²) in [4.78, 5) is 13.6. The number of fused-ring (bicyclic) bond motifs is 1. The van der Waals surface area contributed by atoms with Crippen LogP contribution in [0.25, 0.3) is 10.8 Å². The quantitative estimate of drug-likeness (QED) is 0.624. The minimum absolute atomic E-state index is 0.317. The maximum Gasteiger partial charge on any atom is 0.311 e. The van der Waals surface area contributed by atoms with Gasteiger partial charge in [-0.1, -0.05) is 32.9 Å². The average molecular weight is 410 g/mol. The molecule has 0 aromatic heterocycles. The molecule has 4 heteroatoms. The number of carbonyl (C=O) groups is 1. The van der Waals surface area contributed by atoms with Gasteiger partial charge in [-0.25, -0.2) is 0 Å². The van der Waals surface area contributed by atoms with Crippen LogP contribution >= 0.6 is 0 Å². The Morgan fingerprint density at radius 1 is 1.07 bits per heavy atom. The third-order valence-electron chi connectivity index (χ3n) is 7.28. The first-order valence-electron chi connectivity index (χ1n) is 11.3. The molecule has 0 bridgehead atoms. The maximum absolute atomic E-state index is 11.5. The number of ether oxygens (including phenoxy) is 1. The molecule has 2 saturated carbocycles. The van der Waals surface area contributed by atoms with Crippen molar-refractivity contribution in [2.45, 2.75) is 65.4 Å². The van der Waals surface area contributed by atoms with Crippen molar-refractivity contribution in [3.8, 4) is 5.75 Å². The summed E-state index contributed by atoms with van der Waals surface area (Å²) in [6.07, 6.45) is 6.63. The van der Waals surface area contributed by atoms with E-state index in [4.69, 9.17) is 4.74 Å². The lowest BCUT2D eigenvalue weighted by Crippen LogP contribution is -2.31. The standard InChI is InChI=1S/C26H35NO3/c1-25(2,3)20-7-11-22(12-8-20)30-23-10-6-18-15-21(9-5-19(18)16-23)27(4)17-26(13-14-26)24(28)29/h5-6,9-10,15-16,20,22H,7-8,11-14,17H2,1-4H3,(H,28,29)/t20-,22-. The second-order valence-electron chi connectivity index (χ2n) is 10.6. The number of rotatable bonds is 6. The van der Waals surface area contributed by atoms with Crippen molar-refractivity contribution >= 4 is 22.4 Å². The van der Waals surface area contributed by atoms with Crippen LogP contribution < -0.4 is 9.64 Å². The summed E-state index contributed by atoms with van der Waals surface area (Å²) in [6, 6.07) is 12.7. The number of nitrogens with zero attached hydrogens (tertiary/aromatic N) is 1. The molecular formula is C26H35NO3. The van der Waals surface area contributed by atoms with Gasteiger partial charge in [0.05, 0.1) is 11.5 Å². The Bertz CT molecular complexity index is 918. The zero-order valence-electron chi connectivity index (χ0n) is 18.8. The van der Waals surface area contributed by atoms with Crippen LogP contribution in [-0.2, 0) is 4.79 Å². The minimum Gasteiger partial charge on any atom is -0.490 e. The highest BCUT2D eigenvalue weighted by molar-refractivity contribution is 5.87. The summed E-state index contributed by atoms with van der Waals surface area (Å²) in [5, 5.41) is 11.8. The molecule has 0 atom stereocenters. The first-order valence-corrected chi connectivity index (χ1v) is 11.3. The molecule has 2 fully saturated rings. The Morgan fingerprint density at radius 3 is 2.30 bits per heavy atom. The van der Waals surface area contributed by atoms with Gasteiger partial charge >= 0.3 is 5.97 Å². The van der Waals surface area contributed by atoms with Gasteiger partial charge in [-0.15, -0.1) is 0 Å². The number of anilines is 1. The third-order valence-corrected chi connectivity index (χ3v) is 7.28. The first kappa shape index (κ1) is 21.0. The largest absolute Gasteiger partial charge is 0.490 e. The summed E-state index contributed by atoms with van der Waals surface area (Å²) in [5.74, 6) is 1.07. The van der Waals surface area contributed by atoms with Gasteiger partial charge in [0.2, 0.25) is 0 Å². The summed E-state index contributed by atoms with van der Waals surface area (Å²) in [6.45, 7) is 7.60. The lowest BCUT2D eigenvalue weighted by molar-refractivity contribution is -0.142. The Morgan fingerprint density at radius 2 is 1.70 bits per heavy atom. The van der Waals surface area contributed by atoms with E-state index in [1.54, 1.807) is 0 Å². The lowest BCUT2D eigenvalue weighted by atomic mass is 9.72. The van der Waals surface area contributed by atoms with Gasteiger partial charge in [-0.05, 0) is 84.9 Å². The first-order chi connectivity index (χ1) is 14.2. The summed E-state index contributed by atoms with van der Waals surface area (Å²) < 4.78 is 6.33. The van der Waals surface area contributed by atoms with Crippen LogP contribution in [0, 0.1) is 16.7 Å². The number of hydrogen-bond acceptors (Lipinski definition) is 3. The van der Waals surface area contributed by atoms with Gasteiger partial charge in [-0.2, -0.15) is 0 Å². The second-order valence-corrected chi connectivity index (χ2v) is 10.6. The number of hydrogen-bond donors (Lipinski definition) is 1. The van der Waals surface area contributed by atoms with E-state index < -0.39 is 11.4 Å². The van der Waals surface area contributed by atoms with Gasteiger partial charge < -0.3 is 14.7 Å². The Hall–Kier alpha value is -2.23. The van der Waals surface area contributed by atoms with E-state index in [1.807, 2.05) is 7.05 Å². The minimum atomic E-state index is -0.673. The molecule has 0 saturated heterocycles. The molecular weight excluding hydrogens is 374 g/mol. The predicted molar refractivity (Wildman–Crippen MR) is 122 cm³/mol.